The van der Waals surface area contributed by atoms with E-state index in [-0.39, 0.29) is 25.0 Å². The minimum Gasteiger partial charge on any atom is -0.463 e. The van der Waals surface area contributed by atoms with Gasteiger partial charge in [0.15, 0.2) is 5.58 Å². The Morgan fingerprint density at radius 3 is 3.00 bits per heavy atom. The summed E-state index contributed by atoms with van der Waals surface area (Å²) in [4.78, 5) is 23.6. The van der Waals surface area contributed by atoms with Crippen molar-refractivity contribution in [1.82, 2.24) is 4.57 Å². The Balaban J connectivity index is 1.53. The van der Waals surface area contributed by atoms with Gasteiger partial charge < -0.3 is 13.9 Å². The van der Waals surface area contributed by atoms with Crippen molar-refractivity contribution >= 4 is 17.1 Å². The zero-order valence-electron chi connectivity index (χ0n) is 12.3. The zero-order chi connectivity index (χ0) is 15.4. The molecule has 3 rings (SSSR count). The van der Waals surface area contributed by atoms with Crippen LogP contribution in [0.5, 0.6) is 0 Å². The minimum absolute atomic E-state index is 0.00942. The van der Waals surface area contributed by atoms with Crippen LogP contribution in [-0.2, 0) is 20.8 Å². The lowest BCUT2D eigenvalue weighted by Crippen LogP contribution is -2.26. The van der Waals surface area contributed by atoms with Crippen LogP contribution in [0.15, 0.2) is 33.5 Å². The van der Waals surface area contributed by atoms with Crippen molar-refractivity contribution in [2.24, 2.45) is 0 Å². The molecule has 1 saturated heterocycles. The van der Waals surface area contributed by atoms with E-state index in [0.717, 1.165) is 25.9 Å². The number of ether oxygens (including phenoxy) is 2. The van der Waals surface area contributed by atoms with E-state index in [1.54, 1.807) is 18.2 Å². The van der Waals surface area contributed by atoms with Crippen LogP contribution in [0, 0.1) is 0 Å². The molecule has 0 aliphatic carbocycles. The molecule has 1 aliphatic rings. The van der Waals surface area contributed by atoms with Crippen molar-refractivity contribution in [2.45, 2.75) is 38.3 Å². The van der Waals surface area contributed by atoms with Gasteiger partial charge in [-0.15, -0.1) is 0 Å². The van der Waals surface area contributed by atoms with E-state index in [9.17, 15) is 9.59 Å². The zero-order valence-corrected chi connectivity index (χ0v) is 12.3. The quantitative estimate of drug-likeness (QED) is 0.791. The lowest BCUT2D eigenvalue weighted by molar-refractivity contribution is -0.149. The topological polar surface area (TPSA) is 70.7 Å². The maximum absolute atomic E-state index is 11.8. The number of nitrogens with zero attached hydrogens (tertiary/aromatic N) is 1. The Morgan fingerprint density at radius 2 is 2.18 bits per heavy atom. The third kappa shape index (κ3) is 3.39. The summed E-state index contributed by atoms with van der Waals surface area (Å²) in [5.41, 5.74) is 1.22. The predicted octanol–water partition coefficient (Wildman–Crippen LogP) is 2.10. The van der Waals surface area contributed by atoms with Crippen LogP contribution >= 0.6 is 0 Å². The number of hydrogen-bond donors (Lipinski definition) is 0. The summed E-state index contributed by atoms with van der Waals surface area (Å²) in [5, 5.41) is 0. The number of para-hydroxylation sites is 2. The summed E-state index contributed by atoms with van der Waals surface area (Å²) < 4.78 is 17.3. The van der Waals surface area contributed by atoms with Crippen molar-refractivity contribution in [3.8, 4) is 0 Å². The number of esters is 1. The second kappa shape index (κ2) is 6.79. The van der Waals surface area contributed by atoms with Crippen molar-refractivity contribution in [3.63, 3.8) is 0 Å². The second-order valence-electron chi connectivity index (χ2n) is 5.41. The van der Waals surface area contributed by atoms with Crippen molar-refractivity contribution < 1.29 is 18.7 Å². The molecule has 1 aromatic heterocycles. The van der Waals surface area contributed by atoms with Crippen molar-refractivity contribution in [1.29, 1.82) is 0 Å². The fourth-order valence-corrected chi connectivity index (χ4v) is 2.63. The number of oxazole rings is 1. The number of rotatable bonds is 5. The minimum atomic E-state index is -0.454. The molecule has 0 amide bonds. The van der Waals surface area contributed by atoms with E-state index >= 15 is 0 Å². The highest BCUT2D eigenvalue weighted by Gasteiger charge is 2.16. The average Bonchev–Trinajstić information content (AvgIpc) is 2.87. The Labute approximate surface area is 127 Å². The lowest BCUT2D eigenvalue weighted by Gasteiger charge is -2.22. The Morgan fingerprint density at radius 1 is 1.32 bits per heavy atom. The maximum atomic E-state index is 11.8. The summed E-state index contributed by atoms with van der Waals surface area (Å²) >= 11 is 0. The largest absolute Gasteiger partial charge is 0.463 e. The fourth-order valence-electron chi connectivity index (χ4n) is 2.63. The number of aromatic nitrogens is 1. The normalized spacial score (nSPS) is 18.5. The number of hydrogen-bond acceptors (Lipinski definition) is 5. The molecule has 0 N–H and O–H groups in total. The van der Waals surface area contributed by atoms with E-state index in [2.05, 4.69) is 0 Å². The summed E-state index contributed by atoms with van der Waals surface area (Å²) in [6, 6.07) is 7.15. The lowest BCUT2D eigenvalue weighted by atomic mass is 10.1. The van der Waals surface area contributed by atoms with Crippen molar-refractivity contribution in [3.05, 3.63) is 34.8 Å². The van der Waals surface area contributed by atoms with Gasteiger partial charge in [0.05, 0.1) is 18.0 Å². The number of benzene rings is 1. The van der Waals surface area contributed by atoms with Gasteiger partial charge in [0.25, 0.3) is 0 Å². The molecule has 2 aromatic rings. The Kier molecular flexibility index (Phi) is 4.58. The predicted molar refractivity (Wildman–Crippen MR) is 79.6 cm³/mol. The summed E-state index contributed by atoms with van der Waals surface area (Å²) in [6.45, 7) is 1.28. The van der Waals surface area contributed by atoms with Gasteiger partial charge in [0, 0.05) is 13.2 Å². The molecule has 0 spiro atoms. The molecule has 22 heavy (non-hydrogen) atoms. The van der Waals surface area contributed by atoms with Gasteiger partial charge in [-0.3, -0.25) is 9.36 Å². The molecule has 6 heteroatoms. The van der Waals surface area contributed by atoms with Gasteiger partial charge in [-0.25, -0.2) is 4.79 Å². The van der Waals surface area contributed by atoms with Crippen LogP contribution in [0.3, 0.4) is 0 Å². The highest BCUT2D eigenvalue weighted by Crippen LogP contribution is 2.14. The van der Waals surface area contributed by atoms with E-state index in [1.165, 1.54) is 4.57 Å². The smallest absolute Gasteiger partial charge is 0.419 e. The number of aryl methyl sites for hydroxylation is 1. The molecule has 1 aromatic carbocycles. The highest BCUT2D eigenvalue weighted by molar-refractivity contribution is 5.73. The van der Waals surface area contributed by atoms with Crippen LogP contribution in [0.4, 0.5) is 0 Å². The van der Waals surface area contributed by atoms with E-state index in [1.807, 2.05) is 6.07 Å². The number of fused-ring (bicyclic) bond motifs is 1. The molecule has 1 aliphatic heterocycles. The Bertz CT molecular complexity index is 696. The molecule has 0 radical (unpaired) electrons. The van der Waals surface area contributed by atoms with Crippen LogP contribution < -0.4 is 5.76 Å². The molecule has 1 unspecified atom stereocenters. The molecule has 0 bridgehead atoms. The third-order valence-corrected chi connectivity index (χ3v) is 3.82. The van der Waals surface area contributed by atoms with Gasteiger partial charge in [0.2, 0.25) is 0 Å². The van der Waals surface area contributed by atoms with E-state index in [0.29, 0.717) is 17.7 Å². The van der Waals surface area contributed by atoms with E-state index in [4.69, 9.17) is 13.9 Å². The van der Waals surface area contributed by atoms with Crippen LogP contribution in [0.25, 0.3) is 11.1 Å². The summed E-state index contributed by atoms with van der Waals surface area (Å²) in [5.74, 6) is -0.782. The molecule has 2 heterocycles. The first-order valence-corrected chi connectivity index (χ1v) is 7.59. The first kappa shape index (κ1) is 14.8. The third-order valence-electron chi connectivity index (χ3n) is 3.82. The van der Waals surface area contributed by atoms with Crippen LogP contribution in [-0.4, -0.2) is 29.9 Å². The fraction of sp³-hybridized carbons (Fsp3) is 0.500. The maximum Gasteiger partial charge on any atom is 0.419 e. The molecule has 0 saturated carbocycles. The molecular formula is C16H19NO5. The Hall–Kier alpha value is -2.08. The second-order valence-corrected chi connectivity index (χ2v) is 5.41. The van der Waals surface area contributed by atoms with Gasteiger partial charge in [-0.1, -0.05) is 12.1 Å². The first-order valence-electron chi connectivity index (χ1n) is 7.59. The van der Waals surface area contributed by atoms with Crippen molar-refractivity contribution in [2.75, 3.05) is 13.2 Å². The summed E-state index contributed by atoms with van der Waals surface area (Å²) in [7, 11) is 0. The molecule has 6 nitrogen and oxygen atoms in total. The van der Waals surface area contributed by atoms with Gasteiger partial charge in [0.1, 0.15) is 6.61 Å². The van der Waals surface area contributed by atoms with Gasteiger partial charge >= 0.3 is 11.7 Å². The average molecular weight is 305 g/mol. The monoisotopic (exact) mass is 305 g/mol. The van der Waals surface area contributed by atoms with Gasteiger partial charge in [-0.05, 0) is 31.4 Å². The molecule has 118 valence electrons. The molecule has 1 atom stereocenters. The molecule has 1 fully saturated rings. The van der Waals surface area contributed by atoms with Crippen LogP contribution in [0.1, 0.15) is 25.7 Å². The highest BCUT2D eigenvalue weighted by atomic mass is 16.6. The first-order chi connectivity index (χ1) is 10.7. The number of carbonyl (C=O) groups excluding carboxylic acids is 1. The summed E-state index contributed by atoms with van der Waals surface area (Å²) in [6.07, 6.45) is 3.25. The van der Waals surface area contributed by atoms with Crippen LogP contribution in [0.2, 0.25) is 0 Å². The number of carbonyl (C=O) groups is 1. The SMILES string of the molecule is O=C(CCn1c(=O)oc2ccccc21)OCC1CCCCO1. The standard InChI is InChI=1S/C16H19NO5/c18-15(21-11-12-5-3-4-10-20-12)8-9-17-13-6-1-2-7-14(13)22-16(17)19/h1-2,6-7,12H,3-5,8-11H2. The molecular weight excluding hydrogens is 286 g/mol. The van der Waals surface area contributed by atoms with Gasteiger partial charge in [-0.2, -0.15) is 0 Å². The van der Waals surface area contributed by atoms with E-state index < -0.39 is 5.76 Å².